The summed E-state index contributed by atoms with van der Waals surface area (Å²) in [5.74, 6) is -0.455. The molecule has 118 valence electrons. The highest BCUT2D eigenvalue weighted by molar-refractivity contribution is 5.89. The van der Waals surface area contributed by atoms with Crippen LogP contribution in [0.3, 0.4) is 0 Å². The van der Waals surface area contributed by atoms with E-state index >= 15 is 0 Å². The molecule has 1 N–H and O–H groups in total. The van der Waals surface area contributed by atoms with E-state index in [1.165, 1.54) is 0 Å². The molecule has 0 fully saturated rings. The number of aromatic amines is 1. The predicted molar refractivity (Wildman–Crippen MR) is 80.4 cm³/mol. The van der Waals surface area contributed by atoms with E-state index in [1.807, 2.05) is 13.8 Å². The number of carbonyl (C=O) groups is 2. The number of hydrogen-bond acceptors (Lipinski definition) is 4. The van der Waals surface area contributed by atoms with Gasteiger partial charge in [0, 0.05) is 12.1 Å². The van der Waals surface area contributed by atoms with Crippen LogP contribution in [0.4, 0.5) is 0 Å². The molecule has 1 heterocycles. The average molecular weight is 295 g/mol. The number of nitrogens with one attached hydrogen (secondary N) is 1. The monoisotopic (exact) mass is 295 g/mol. The van der Waals surface area contributed by atoms with Crippen LogP contribution < -0.4 is 0 Å². The highest BCUT2D eigenvalue weighted by atomic mass is 16.5. The van der Waals surface area contributed by atoms with Crippen LogP contribution in [-0.4, -0.2) is 30.1 Å². The predicted octanol–water partition coefficient (Wildman–Crippen LogP) is 3.08. The van der Waals surface area contributed by atoms with Crippen molar-refractivity contribution in [3.8, 4) is 0 Å². The topological polar surface area (TPSA) is 68.4 Å². The molecule has 0 amide bonds. The van der Waals surface area contributed by atoms with Gasteiger partial charge >= 0.3 is 11.9 Å². The summed E-state index contributed by atoms with van der Waals surface area (Å²) in [6.45, 7) is 8.27. The lowest BCUT2D eigenvalue weighted by molar-refractivity contribution is -0.143. The van der Waals surface area contributed by atoms with Crippen molar-refractivity contribution in [2.45, 2.75) is 53.4 Å². The molecular formula is C16H25NO4. The summed E-state index contributed by atoms with van der Waals surface area (Å²) in [5.41, 5.74) is 3.62. The first-order chi connectivity index (χ1) is 10.0. The SMILES string of the molecule is CCOC(=O)CCCCc1c(C)[nH]c(C(=O)OCC)c1C. The first kappa shape index (κ1) is 17.3. The van der Waals surface area contributed by atoms with Crippen LogP contribution in [-0.2, 0) is 20.7 Å². The number of ether oxygens (including phenoxy) is 2. The van der Waals surface area contributed by atoms with Gasteiger partial charge in [-0.2, -0.15) is 0 Å². The number of hydrogen-bond donors (Lipinski definition) is 1. The number of aryl methyl sites for hydroxylation is 1. The summed E-state index contributed by atoms with van der Waals surface area (Å²) in [4.78, 5) is 26.2. The minimum absolute atomic E-state index is 0.146. The molecule has 0 bridgehead atoms. The second-order valence-electron chi connectivity index (χ2n) is 4.96. The van der Waals surface area contributed by atoms with Crippen LogP contribution in [0.5, 0.6) is 0 Å². The fourth-order valence-corrected chi connectivity index (χ4v) is 2.38. The normalized spacial score (nSPS) is 10.5. The maximum absolute atomic E-state index is 11.8. The van der Waals surface area contributed by atoms with Crippen LogP contribution in [0.25, 0.3) is 0 Å². The quantitative estimate of drug-likeness (QED) is 0.591. The van der Waals surface area contributed by atoms with Gasteiger partial charge in [-0.25, -0.2) is 4.79 Å². The van der Waals surface area contributed by atoms with E-state index < -0.39 is 0 Å². The molecule has 5 nitrogen and oxygen atoms in total. The number of carbonyl (C=O) groups excluding carboxylic acids is 2. The minimum Gasteiger partial charge on any atom is -0.466 e. The summed E-state index contributed by atoms with van der Waals surface area (Å²) in [5, 5.41) is 0. The van der Waals surface area contributed by atoms with E-state index in [1.54, 1.807) is 13.8 Å². The standard InChI is InChI=1S/C16H25NO4/c1-5-20-14(18)10-8-7-9-13-11(3)15(17-12(13)4)16(19)21-6-2/h17H,5-10H2,1-4H3. The molecule has 0 saturated carbocycles. The van der Waals surface area contributed by atoms with Crippen LogP contribution in [0.2, 0.25) is 0 Å². The minimum atomic E-state index is -0.309. The van der Waals surface area contributed by atoms with Gasteiger partial charge in [-0.05, 0) is 58.1 Å². The van der Waals surface area contributed by atoms with Crippen LogP contribution in [0.1, 0.15) is 60.4 Å². The summed E-state index contributed by atoms with van der Waals surface area (Å²) in [6, 6.07) is 0. The molecule has 21 heavy (non-hydrogen) atoms. The lowest BCUT2D eigenvalue weighted by Gasteiger charge is -2.04. The van der Waals surface area contributed by atoms with Gasteiger partial charge in [0.2, 0.25) is 0 Å². The number of rotatable bonds is 8. The third-order valence-corrected chi connectivity index (χ3v) is 3.44. The van der Waals surface area contributed by atoms with Gasteiger partial charge in [0.25, 0.3) is 0 Å². The fourth-order valence-electron chi connectivity index (χ4n) is 2.38. The molecule has 0 atom stereocenters. The van der Waals surface area contributed by atoms with Gasteiger partial charge in [-0.3, -0.25) is 4.79 Å². The Labute approximate surface area is 126 Å². The average Bonchev–Trinajstić information content (AvgIpc) is 2.71. The van der Waals surface area contributed by atoms with Crippen molar-refractivity contribution >= 4 is 11.9 Å². The summed E-state index contributed by atoms with van der Waals surface area (Å²) in [7, 11) is 0. The van der Waals surface area contributed by atoms with Crippen LogP contribution in [0, 0.1) is 13.8 Å². The maximum Gasteiger partial charge on any atom is 0.355 e. The summed E-state index contributed by atoms with van der Waals surface area (Å²) >= 11 is 0. The highest BCUT2D eigenvalue weighted by Crippen LogP contribution is 2.21. The molecule has 1 aromatic heterocycles. The van der Waals surface area contributed by atoms with Crippen molar-refractivity contribution in [3.63, 3.8) is 0 Å². The van der Waals surface area contributed by atoms with E-state index in [0.29, 0.717) is 25.3 Å². The first-order valence-electron chi connectivity index (χ1n) is 7.52. The van der Waals surface area contributed by atoms with E-state index in [-0.39, 0.29) is 11.9 Å². The Balaban J connectivity index is 2.56. The molecule has 0 aliphatic carbocycles. The van der Waals surface area contributed by atoms with Gasteiger partial charge < -0.3 is 14.5 Å². The second-order valence-corrected chi connectivity index (χ2v) is 4.96. The molecule has 0 radical (unpaired) electrons. The van der Waals surface area contributed by atoms with Crippen LogP contribution in [0.15, 0.2) is 0 Å². The van der Waals surface area contributed by atoms with Gasteiger partial charge in [0.05, 0.1) is 13.2 Å². The van der Waals surface area contributed by atoms with Crippen molar-refractivity contribution in [2.75, 3.05) is 13.2 Å². The van der Waals surface area contributed by atoms with Crippen molar-refractivity contribution < 1.29 is 19.1 Å². The fraction of sp³-hybridized carbons (Fsp3) is 0.625. The Morgan fingerprint density at radius 2 is 1.71 bits per heavy atom. The molecule has 0 aliphatic rings. The number of unbranched alkanes of at least 4 members (excludes halogenated alkanes) is 1. The zero-order valence-corrected chi connectivity index (χ0v) is 13.4. The number of esters is 2. The van der Waals surface area contributed by atoms with E-state index in [2.05, 4.69) is 4.98 Å². The third kappa shape index (κ3) is 4.92. The second kappa shape index (κ2) is 8.49. The van der Waals surface area contributed by atoms with E-state index in [4.69, 9.17) is 9.47 Å². The molecule has 0 spiro atoms. The van der Waals surface area contributed by atoms with Gasteiger partial charge in [0.1, 0.15) is 5.69 Å². The lowest BCUT2D eigenvalue weighted by atomic mass is 10.0. The summed E-state index contributed by atoms with van der Waals surface area (Å²) < 4.78 is 9.93. The smallest absolute Gasteiger partial charge is 0.355 e. The third-order valence-electron chi connectivity index (χ3n) is 3.44. The zero-order valence-electron chi connectivity index (χ0n) is 13.4. The van der Waals surface area contributed by atoms with Gasteiger partial charge in [0.15, 0.2) is 0 Å². The van der Waals surface area contributed by atoms with Crippen molar-refractivity contribution in [2.24, 2.45) is 0 Å². The molecule has 0 aromatic carbocycles. The Bertz CT molecular complexity index is 491. The molecule has 1 rings (SSSR count). The molecule has 0 unspecified atom stereocenters. The molecule has 1 aromatic rings. The van der Waals surface area contributed by atoms with Crippen molar-refractivity contribution in [1.29, 1.82) is 0 Å². The molecule has 5 heteroatoms. The lowest BCUT2D eigenvalue weighted by Crippen LogP contribution is -2.06. The largest absolute Gasteiger partial charge is 0.466 e. The summed E-state index contributed by atoms with van der Waals surface area (Å²) in [6.07, 6.45) is 2.96. The van der Waals surface area contributed by atoms with Gasteiger partial charge in [-0.1, -0.05) is 0 Å². The van der Waals surface area contributed by atoms with Gasteiger partial charge in [-0.15, -0.1) is 0 Å². The Morgan fingerprint density at radius 1 is 1.05 bits per heavy atom. The van der Waals surface area contributed by atoms with E-state index in [9.17, 15) is 9.59 Å². The number of aromatic nitrogens is 1. The van der Waals surface area contributed by atoms with Crippen molar-refractivity contribution in [3.05, 3.63) is 22.5 Å². The van der Waals surface area contributed by atoms with E-state index in [0.717, 1.165) is 36.1 Å². The zero-order chi connectivity index (χ0) is 15.8. The van der Waals surface area contributed by atoms with Crippen molar-refractivity contribution in [1.82, 2.24) is 4.98 Å². The first-order valence-corrected chi connectivity index (χ1v) is 7.52. The highest BCUT2D eigenvalue weighted by Gasteiger charge is 2.17. The molecular weight excluding hydrogens is 270 g/mol. The maximum atomic E-state index is 11.8. The van der Waals surface area contributed by atoms with Crippen LogP contribution >= 0.6 is 0 Å². The molecule has 0 aliphatic heterocycles. The molecule has 0 saturated heterocycles. The Kier molecular flexibility index (Phi) is 6.99. The number of H-pyrrole nitrogens is 1. The Morgan fingerprint density at radius 3 is 2.33 bits per heavy atom. The Hall–Kier alpha value is -1.78.